The van der Waals surface area contributed by atoms with Crippen molar-refractivity contribution in [2.24, 2.45) is 0 Å². The number of fused-ring (bicyclic) bond motifs is 3. The summed E-state index contributed by atoms with van der Waals surface area (Å²) in [6.07, 6.45) is 0. The highest BCUT2D eigenvalue weighted by Crippen LogP contribution is 2.16. The average Bonchev–Trinajstić information content (AvgIpc) is 2.81. The summed E-state index contributed by atoms with van der Waals surface area (Å²) >= 11 is 0. The molecule has 2 aromatic heterocycles. The Morgan fingerprint density at radius 2 is 2.22 bits per heavy atom. The summed E-state index contributed by atoms with van der Waals surface area (Å²) in [5.41, 5.74) is 1.65. The van der Waals surface area contributed by atoms with E-state index in [-0.39, 0.29) is 12.3 Å². The number of H-pyrrole nitrogens is 1. The number of nitrogens with one attached hydrogen (secondary N) is 1. The zero-order chi connectivity index (χ0) is 12.5. The van der Waals surface area contributed by atoms with Gasteiger partial charge in [0.1, 0.15) is 12.3 Å². The molecule has 6 nitrogen and oxygen atoms in total. The monoisotopic (exact) mass is 243 g/mol. The lowest BCUT2D eigenvalue weighted by atomic mass is 10.2. The van der Waals surface area contributed by atoms with E-state index in [1.165, 1.54) is 4.52 Å². The van der Waals surface area contributed by atoms with Crippen molar-refractivity contribution in [1.29, 1.82) is 0 Å². The third-order valence-corrected chi connectivity index (χ3v) is 2.70. The molecule has 0 fully saturated rings. The van der Waals surface area contributed by atoms with Gasteiger partial charge < -0.3 is 9.72 Å². The molecule has 0 saturated carbocycles. The second kappa shape index (κ2) is 3.99. The highest BCUT2D eigenvalue weighted by molar-refractivity contribution is 5.93. The van der Waals surface area contributed by atoms with Crippen molar-refractivity contribution < 1.29 is 9.53 Å². The Labute approximate surface area is 101 Å². The van der Waals surface area contributed by atoms with Crippen LogP contribution >= 0.6 is 0 Å². The highest BCUT2D eigenvalue weighted by Gasteiger charge is 2.08. The fraction of sp³-hybridized carbons (Fsp3) is 0.0833. The summed E-state index contributed by atoms with van der Waals surface area (Å²) in [5.74, 6) is 0. The Kier molecular flexibility index (Phi) is 2.33. The fourth-order valence-electron chi connectivity index (χ4n) is 1.95. The number of hydrogen-bond acceptors (Lipinski definition) is 4. The molecule has 0 atom stereocenters. The number of carbonyl (C=O) groups is 1. The molecule has 1 N–H and O–H groups in total. The standard InChI is InChI=1S/C12H9N3O3/c16-7-18-6-8-5-11-9-3-1-2-4-10(9)13-12(17)15(11)14-8/h1-5,7H,6H2,(H,13,17). The summed E-state index contributed by atoms with van der Waals surface area (Å²) in [4.78, 5) is 24.7. The molecule has 3 aromatic rings. The summed E-state index contributed by atoms with van der Waals surface area (Å²) in [6.45, 7) is 0.408. The fourth-order valence-corrected chi connectivity index (χ4v) is 1.95. The SMILES string of the molecule is O=COCc1cc2c3ccccc3[nH]c(=O)n2n1. The van der Waals surface area contributed by atoms with Crippen LogP contribution in [0, 0.1) is 0 Å². The van der Waals surface area contributed by atoms with Gasteiger partial charge in [0.15, 0.2) is 0 Å². The van der Waals surface area contributed by atoms with Crippen molar-refractivity contribution in [3.05, 3.63) is 46.5 Å². The van der Waals surface area contributed by atoms with Gasteiger partial charge >= 0.3 is 5.69 Å². The first-order valence-corrected chi connectivity index (χ1v) is 5.34. The quantitative estimate of drug-likeness (QED) is 0.692. The number of ether oxygens (including phenoxy) is 1. The minimum absolute atomic E-state index is 0.0545. The second-order valence-electron chi connectivity index (χ2n) is 3.82. The second-order valence-corrected chi connectivity index (χ2v) is 3.82. The van der Waals surface area contributed by atoms with Gasteiger partial charge in [0, 0.05) is 5.39 Å². The highest BCUT2D eigenvalue weighted by atomic mass is 16.5. The van der Waals surface area contributed by atoms with Crippen LogP contribution in [-0.2, 0) is 16.1 Å². The number of nitrogens with zero attached hydrogens (tertiary/aromatic N) is 2. The van der Waals surface area contributed by atoms with Gasteiger partial charge in [-0.2, -0.15) is 9.61 Å². The third kappa shape index (κ3) is 1.55. The van der Waals surface area contributed by atoms with E-state index < -0.39 is 0 Å². The summed E-state index contributed by atoms with van der Waals surface area (Å²) < 4.78 is 5.90. The molecule has 0 radical (unpaired) electrons. The van der Waals surface area contributed by atoms with Gasteiger partial charge in [0.2, 0.25) is 0 Å². The Morgan fingerprint density at radius 3 is 3.06 bits per heavy atom. The van der Waals surface area contributed by atoms with Crippen LogP contribution in [0.15, 0.2) is 35.1 Å². The molecule has 90 valence electrons. The topological polar surface area (TPSA) is 76.5 Å². The molecular formula is C12H9N3O3. The number of carbonyl (C=O) groups excluding carboxylic acids is 1. The first-order valence-electron chi connectivity index (χ1n) is 5.34. The normalized spacial score (nSPS) is 10.9. The molecule has 0 saturated heterocycles. The lowest BCUT2D eigenvalue weighted by Gasteiger charge is -1.98. The molecule has 0 aliphatic heterocycles. The number of aromatic amines is 1. The van der Waals surface area contributed by atoms with Crippen molar-refractivity contribution >= 4 is 22.9 Å². The van der Waals surface area contributed by atoms with Crippen molar-refractivity contribution in [2.75, 3.05) is 0 Å². The number of aromatic nitrogens is 3. The zero-order valence-electron chi connectivity index (χ0n) is 9.29. The maximum absolute atomic E-state index is 11.8. The Hall–Kier alpha value is -2.63. The molecule has 0 bridgehead atoms. The minimum atomic E-state index is -0.318. The van der Waals surface area contributed by atoms with Crippen molar-refractivity contribution in [2.45, 2.75) is 6.61 Å². The Morgan fingerprint density at radius 1 is 1.39 bits per heavy atom. The van der Waals surface area contributed by atoms with Gasteiger partial charge in [0.05, 0.1) is 11.0 Å². The van der Waals surface area contributed by atoms with Gasteiger partial charge in [-0.3, -0.25) is 4.79 Å². The van der Waals surface area contributed by atoms with Crippen molar-refractivity contribution in [1.82, 2.24) is 14.6 Å². The molecule has 3 rings (SSSR count). The smallest absolute Gasteiger partial charge is 0.347 e. The van der Waals surface area contributed by atoms with Crippen LogP contribution in [-0.4, -0.2) is 21.1 Å². The number of para-hydroxylation sites is 1. The molecule has 0 spiro atoms. The summed E-state index contributed by atoms with van der Waals surface area (Å²) in [5, 5.41) is 4.98. The first-order chi connectivity index (χ1) is 8.79. The van der Waals surface area contributed by atoms with Crippen molar-refractivity contribution in [3.63, 3.8) is 0 Å². The third-order valence-electron chi connectivity index (χ3n) is 2.70. The van der Waals surface area contributed by atoms with Crippen LogP contribution in [0.25, 0.3) is 16.4 Å². The van der Waals surface area contributed by atoms with E-state index in [0.29, 0.717) is 17.7 Å². The summed E-state index contributed by atoms with van der Waals surface area (Å²) in [7, 11) is 0. The predicted molar refractivity (Wildman–Crippen MR) is 64.2 cm³/mol. The Balaban J connectivity index is 2.30. The largest absolute Gasteiger partial charge is 0.461 e. The van der Waals surface area contributed by atoms with Crippen LogP contribution in [0.4, 0.5) is 0 Å². The van der Waals surface area contributed by atoms with E-state index in [1.54, 1.807) is 6.07 Å². The summed E-state index contributed by atoms with van der Waals surface area (Å²) in [6, 6.07) is 9.19. The van der Waals surface area contributed by atoms with E-state index in [1.807, 2.05) is 24.3 Å². The maximum atomic E-state index is 11.8. The van der Waals surface area contributed by atoms with E-state index in [2.05, 4.69) is 14.8 Å². The lowest BCUT2D eigenvalue weighted by molar-refractivity contribution is -0.129. The van der Waals surface area contributed by atoms with Crippen LogP contribution < -0.4 is 5.69 Å². The van der Waals surface area contributed by atoms with Crippen LogP contribution in [0.5, 0.6) is 0 Å². The van der Waals surface area contributed by atoms with E-state index in [4.69, 9.17) is 0 Å². The number of benzene rings is 1. The van der Waals surface area contributed by atoms with Gasteiger partial charge in [-0.15, -0.1) is 0 Å². The predicted octanol–water partition coefficient (Wildman–Crippen LogP) is 0.849. The van der Waals surface area contributed by atoms with Gasteiger partial charge in [-0.1, -0.05) is 18.2 Å². The van der Waals surface area contributed by atoms with Gasteiger partial charge in [-0.05, 0) is 12.1 Å². The Bertz CT molecular complexity index is 788. The average molecular weight is 243 g/mol. The van der Waals surface area contributed by atoms with Crippen LogP contribution in [0.2, 0.25) is 0 Å². The molecule has 18 heavy (non-hydrogen) atoms. The number of hydrogen-bond donors (Lipinski definition) is 1. The van der Waals surface area contributed by atoms with Gasteiger partial charge in [0.25, 0.3) is 6.47 Å². The molecule has 1 aromatic carbocycles. The maximum Gasteiger partial charge on any atom is 0.347 e. The molecule has 0 unspecified atom stereocenters. The zero-order valence-corrected chi connectivity index (χ0v) is 9.29. The molecular weight excluding hydrogens is 234 g/mol. The van der Waals surface area contributed by atoms with Gasteiger partial charge in [-0.25, -0.2) is 4.79 Å². The molecule has 0 aliphatic rings. The molecule has 6 heteroatoms. The lowest BCUT2D eigenvalue weighted by Crippen LogP contribution is -2.17. The minimum Gasteiger partial charge on any atom is -0.461 e. The first kappa shape index (κ1) is 10.5. The molecule has 0 aliphatic carbocycles. The van der Waals surface area contributed by atoms with Crippen molar-refractivity contribution in [3.8, 4) is 0 Å². The van der Waals surface area contributed by atoms with E-state index in [9.17, 15) is 9.59 Å². The number of rotatable bonds is 3. The molecule has 2 heterocycles. The van der Waals surface area contributed by atoms with Crippen LogP contribution in [0.3, 0.4) is 0 Å². The van der Waals surface area contributed by atoms with Crippen LogP contribution in [0.1, 0.15) is 5.69 Å². The van der Waals surface area contributed by atoms with E-state index in [0.717, 1.165) is 10.9 Å². The molecule has 0 amide bonds. The van der Waals surface area contributed by atoms with E-state index >= 15 is 0 Å².